The average Bonchev–Trinajstić information content (AvgIpc) is 3.11. The molecule has 20 heavy (non-hydrogen) atoms. The van der Waals surface area contributed by atoms with Crippen LogP contribution in [-0.2, 0) is 4.74 Å². The molecule has 0 saturated heterocycles. The number of ether oxygens (including phenoxy) is 1. The van der Waals surface area contributed by atoms with Gasteiger partial charge in [-0.25, -0.2) is 0 Å². The molecule has 4 aliphatic carbocycles. The van der Waals surface area contributed by atoms with Crippen LogP contribution >= 0.6 is 0 Å². The van der Waals surface area contributed by atoms with E-state index in [9.17, 15) is 0 Å². The molecule has 0 spiro atoms. The molecule has 4 aliphatic rings. The fourth-order valence-electron chi connectivity index (χ4n) is 6.35. The second kappa shape index (κ2) is 5.00. The molecule has 4 rings (SSSR count). The maximum Gasteiger partial charge on any atom is 0.0612 e. The lowest BCUT2D eigenvalue weighted by molar-refractivity contribution is -0.108. The average molecular weight is 276 g/mol. The molecule has 2 bridgehead atoms. The first-order valence-electron chi connectivity index (χ1n) is 9.33. The van der Waals surface area contributed by atoms with E-state index in [1.54, 1.807) is 0 Å². The lowest BCUT2D eigenvalue weighted by Crippen LogP contribution is -2.40. The summed E-state index contributed by atoms with van der Waals surface area (Å²) in [6, 6.07) is 0. The van der Waals surface area contributed by atoms with Gasteiger partial charge in [-0.3, -0.25) is 0 Å². The molecule has 6 atom stereocenters. The van der Waals surface area contributed by atoms with Crippen LogP contribution in [0.15, 0.2) is 0 Å². The minimum atomic E-state index is 0.467. The van der Waals surface area contributed by atoms with Gasteiger partial charge in [-0.2, -0.15) is 0 Å². The molecule has 0 heterocycles. The highest BCUT2D eigenvalue weighted by Crippen LogP contribution is 2.60. The number of fused-ring (bicyclic) bond motifs is 5. The van der Waals surface area contributed by atoms with Crippen molar-refractivity contribution in [1.29, 1.82) is 0 Å². The van der Waals surface area contributed by atoms with Crippen molar-refractivity contribution in [3.05, 3.63) is 0 Å². The van der Waals surface area contributed by atoms with Gasteiger partial charge in [0.2, 0.25) is 0 Å². The summed E-state index contributed by atoms with van der Waals surface area (Å²) in [5.74, 6) is 4.11. The Labute approximate surface area is 124 Å². The molecule has 1 heteroatoms. The lowest BCUT2D eigenvalue weighted by atomic mass is 9.72. The third kappa shape index (κ3) is 2.07. The highest BCUT2D eigenvalue weighted by molar-refractivity contribution is 5.04. The molecule has 0 aromatic carbocycles. The molecule has 4 saturated carbocycles. The Morgan fingerprint density at radius 2 is 1.65 bits per heavy atom. The number of hydrogen-bond acceptors (Lipinski definition) is 1. The highest BCUT2D eigenvalue weighted by atomic mass is 16.5. The second-order valence-corrected chi connectivity index (χ2v) is 8.69. The van der Waals surface area contributed by atoms with Gasteiger partial charge in [-0.1, -0.05) is 32.6 Å². The molecule has 1 nitrogen and oxygen atoms in total. The van der Waals surface area contributed by atoms with Crippen molar-refractivity contribution in [3.63, 3.8) is 0 Å². The summed E-state index contributed by atoms with van der Waals surface area (Å²) in [6.45, 7) is 4.87. The van der Waals surface area contributed by atoms with Crippen LogP contribution < -0.4 is 0 Å². The second-order valence-electron chi connectivity index (χ2n) is 8.69. The molecular weight excluding hydrogens is 244 g/mol. The van der Waals surface area contributed by atoms with Gasteiger partial charge in [-0.05, 0) is 74.5 Å². The molecule has 0 radical (unpaired) electrons. The molecule has 0 N–H and O–H groups in total. The Morgan fingerprint density at radius 1 is 0.900 bits per heavy atom. The van der Waals surface area contributed by atoms with Crippen molar-refractivity contribution in [2.24, 2.45) is 29.1 Å². The van der Waals surface area contributed by atoms with Gasteiger partial charge in [0, 0.05) is 0 Å². The largest absolute Gasteiger partial charge is 0.374 e. The fourth-order valence-corrected chi connectivity index (χ4v) is 6.35. The first-order valence-corrected chi connectivity index (χ1v) is 9.33. The van der Waals surface area contributed by atoms with Crippen LogP contribution in [0.25, 0.3) is 0 Å². The summed E-state index contributed by atoms with van der Waals surface area (Å²) in [5.41, 5.74) is 0.467. The zero-order valence-electron chi connectivity index (χ0n) is 13.4. The lowest BCUT2D eigenvalue weighted by Gasteiger charge is -2.42. The minimum absolute atomic E-state index is 0.467. The molecular formula is C19H32O. The molecule has 6 unspecified atom stereocenters. The van der Waals surface area contributed by atoms with E-state index < -0.39 is 0 Å². The topological polar surface area (TPSA) is 9.23 Å². The zero-order valence-corrected chi connectivity index (χ0v) is 13.4. The Balaban J connectivity index is 1.40. The Bertz CT molecular complexity index is 357. The molecule has 0 amide bonds. The SMILES string of the molecule is CC(OC1CC2CC1C1CCCC21)C1(C)CCCCC1. The predicted molar refractivity (Wildman–Crippen MR) is 82.6 cm³/mol. The summed E-state index contributed by atoms with van der Waals surface area (Å²) in [6.07, 6.45) is 15.6. The van der Waals surface area contributed by atoms with Crippen molar-refractivity contribution in [1.82, 2.24) is 0 Å². The quantitative estimate of drug-likeness (QED) is 0.689. The predicted octanol–water partition coefficient (Wildman–Crippen LogP) is 5.19. The molecule has 0 aromatic rings. The van der Waals surface area contributed by atoms with Crippen LogP contribution in [0, 0.1) is 29.1 Å². The van der Waals surface area contributed by atoms with E-state index in [2.05, 4.69) is 13.8 Å². The third-order valence-electron chi connectivity index (χ3n) is 7.72. The maximum absolute atomic E-state index is 6.70. The summed E-state index contributed by atoms with van der Waals surface area (Å²) in [7, 11) is 0. The van der Waals surface area contributed by atoms with Crippen LogP contribution in [-0.4, -0.2) is 12.2 Å². The van der Waals surface area contributed by atoms with Gasteiger partial charge >= 0.3 is 0 Å². The molecule has 4 fully saturated rings. The van der Waals surface area contributed by atoms with Crippen LogP contribution in [0.3, 0.4) is 0 Å². The van der Waals surface area contributed by atoms with E-state index in [0.29, 0.717) is 17.6 Å². The summed E-state index contributed by atoms with van der Waals surface area (Å²) >= 11 is 0. The van der Waals surface area contributed by atoms with E-state index in [1.807, 2.05) is 0 Å². The van der Waals surface area contributed by atoms with Crippen molar-refractivity contribution >= 4 is 0 Å². The Morgan fingerprint density at radius 3 is 2.45 bits per heavy atom. The normalized spacial score (nSPS) is 47.4. The van der Waals surface area contributed by atoms with E-state index in [4.69, 9.17) is 4.74 Å². The zero-order chi connectivity index (χ0) is 13.7. The van der Waals surface area contributed by atoms with E-state index >= 15 is 0 Å². The number of rotatable bonds is 3. The van der Waals surface area contributed by atoms with Gasteiger partial charge in [0.05, 0.1) is 12.2 Å². The standard InChI is InChI=1S/C19H32O/c1-13(19(2)9-4-3-5-10-19)20-18-12-14-11-17(18)16-8-6-7-15(14)16/h13-18H,3-12H2,1-2H3. The van der Waals surface area contributed by atoms with E-state index in [1.165, 1.54) is 64.2 Å². The molecule has 0 aromatic heterocycles. The summed E-state index contributed by atoms with van der Waals surface area (Å²) < 4.78 is 6.70. The first-order chi connectivity index (χ1) is 9.67. The fraction of sp³-hybridized carbons (Fsp3) is 1.00. The van der Waals surface area contributed by atoms with Gasteiger partial charge in [0.15, 0.2) is 0 Å². The van der Waals surface area contributed by atoms with E-state index in [0.717, 1.165) is 23.7 Å². The summed E-state index contributed by atoms with van der Waals surface area (Å²) in [5, 5.41) is 0. The first kappa shape index (κ1) is 13.6. The minimum Gasteiger partial charge on any atom is -0.374 e. The summed E-state index contributed by atoms with van der Waals surface area (Å²) in [4.78, 5) is 0. The van der Waals surface area contributed by atoms with Crippen LogP contribution in [0.2, 0.25) is 0 Å². The molecule has 114 valence electrons. The monoisotopic (exact) mass is 276 g/mol. The van der Waals surface area contributed by atoms with Gasteiger partial charge in [-0.15, -0.1) is 0 Å². The van der Waals surface area contributed by atoms with Crippen molar-refractivity contribution in [2.45, 2.75) is 90.3 Å². The van der Waals surface area contributed by atoms with Crippen LogP contribution in [0.4, 0.5) is 0 Å². The molecule has 0 aliphatic heterocycles. The number of hydrogen-bond donors (Lipinski definition) is 0. The third-order valence-corrected chi connectivity index (χ3v) is 7.72. The van der Waals surface area contributed by atoms with Crippen molar-refractivity contribution in [2.75, 3.05) is 0 Å². The van der Waals surface area contributed by atoms with Gasteiger partial charge in [0.1, 0.15) is 0 Å². The Kier molecular flexibility index (Phi) is 3.41. The maximum atomic E-state index is 6.70. The smallest absolute Gasteiger partial charge is 0.0612 e. The van der Waals surface area contributed by atoms with Gasteiger partial charge < -0.3 is 4.74 Å². The van der Waals surface area contributed by atoms with Crippen LogP contribution in [0.5, 0.6) is 0 Å². The Hall–Kier alpha value is -0.0400. The van der Waals surface area contributed by atoms with Crippen molar-refractivity contribution < 1.29 is 4.74 Å². The van der Waals surface area contributed by atoms with Crippen LogP contribution in [0.1, 0.15) is 78.1 Å². The van der Waals surface area contributed by atoms with E-state index in [-0.39, 0.29) is 0 Å². The van der Waals surface area contributed by atoms with Crippen molar-refractivity contribution in [3.8, 4) is 0 Å². The highest BCUT2D eigenvalue weighted by Gasteiger charge is 2.55. The van der Waals surface area contributed by atoms with Gasteiger partial charge in [0.25, 0.3) is 0 Å².